The van der Waals surface area contributed by atoms with E-state index in [1.165, 1.54) is 22.9 Å². The van der Waals surface area contributed by atoms with Crippen molar-refractivity contribution in [2.75, 3.05) is 37.0 Å². The maximum Gasteiger partial charge on any atom is 0.265 e. The molecule has 0 saturated carbocycles. The minimum Gasteiger partial charge on any atom is -0.482 e. The van der Waals surface area contributed by atoms with Gasteiger partial charge in [-0.25, -0.2) is 0 Å². The standard InChI is InChI=1S/C19H17Cl2N3O4/c1-23(9-17(25)22-12-6-7-13(20)14(21)8-12)18(26)10-24-15-4-2-3-5-16(15)28-11-19(24)27/h2-8H,9-11H2,1H3,(H,22,25). The van der Waals surface area contributed by atoms with E-state index in [-0.39, 0.29) is 31.5 Å². The smallest absolute Gasteiger partial charge is 0.265 e. The van der Waals surface area contributed by atoms with Gasteiger partial charge in [-0.15, -0.1) is 0 Å². The van der Waals surface area contributed by atoms with Crippen LogP contribution >= 0.6 is 23.2 Å². The molecule has 3 rings (SSSR count). The van der Waals surface area contributed by atoms with Gasteiger partial charge in [-0.1, -0.05) is 35.3 Å². The second kappa shape index (κ2) is 8.50. The number of likely N-dealkylation sites (N-methyl/N-ethyl adjacent to an activating group) is 1. The fourth-order valence-electron chi connectivity index (χ4n) is 2.66. The predicted octanol–water partition coefficient (Wildman–Crippen LogP) is 2.82. The number of carbonyl (C=O) groups excluding carboxylic acids is 3. The topological polar surface area (TPSA) is 79.0 Å². The minimum atomic E-state index is -0.400. The number of fused-ring (bicyclic) bond motifs is 1. The molecular formula is C19H17Cl2N3O4. The zero-order chi connectivity index (χ0) is 20.3. The van der Waals surface area contributed by atoms with Crippen molar-refractivity contribution in [2.45, 2.75) is 0 Å². The quantitative estimate of drug-likeness (QED) is 0.804. The molecule has 28 heavy (non-hydrogen) atoms. The number of benzene rings is 2. The SMILES string of the molecule is CN(CC(=O)Nc1ccc(Cl)c(Cl)c1)C(=O)CN1C(=O)COc2ccccc21. The van der Waals surface area contributed by atoms with Crippen LogP contribution in [0.4, 0.5) is 11.4 Å². The van der Waals surface area contributed by atoms with Gasteiger partial charge in [-0.3, -0.25) is 19.3 Å². The Morgan fingerprint density at radius 3 is 2.68 bits per heavy atom. The van der Waals surface area contributed by atoms with Gasteiger partial charge in [0.2, 0.25) is 11.8 Å². The molecule has 2 aromatic carbocycles. The van der Waals surface area contributed by atoms with Gasteiger partial charge in [-0.05, 0) is 30.3 Å². The average molecular weight is 422 g/mol. The van der Waals surface area contributed by atoms with Gasteiger partial charge in [0.1, 0.15) is 12.3 Å². The van der Waals surface area contributed by atoms with E-state index in [1.807, 2.05) is 0 Å². The number of halogens is 2. The van der Waals surface area contributed by atoms with E-state index in [1.54, 1.807) is 36.4 Å². The first-order valence-corrected chi connectivity index (χ1v) is 9.12. The molecule has 0 unspecified atom stereocenters. The van der Waals surface area contributed by atoms with Crippen LogP contribution in [0.5, 0.6) is 5.75 Å². The van der Waals surface area contributed by atoms with Crippen LogP contribution in [0.2, 0.25) is 10.0 Å². The van der Waals surface area contributed by atoms with Crippen LogP contribution in [0.25, 0.3) is 0 Å². The molecule has 0 aliphatic carbocycles. The monoisotopic (exact) mass is 421 g/mol. The number of nitrogens with one attached hydrogen (secondary N) is 1. The average Bonchev–Trinajstić information content (AvgIpc) is 2.66. The largest absolute Gasteiger partial charge is 0.482 e. The fraction of sp³-hybridized carbons (Fsp3) is 0.211. The summed E-state index contributed by atoms with van der Waals surface area (Å²) in [6.07, 6.45) is 0. The second-order valence-corrected chi connectivity index (χ2v) is 6.98. The Morgan fingerprint density at radius 1 is 1.18 bits per heavy atom. The van der Waals surface area contributed by atoms with Crippen molar-refractivity contribution in [3.05, 3.63) is 52.5 Å². The second-order valence-electron chi connectivity index (χ2n) is 6.16. The highest BCUT2D eigenvalue weighted by atomic mass is 35.5. The number of anilines is 2. The number of hydrogen-bond donors (Lipinski definition) is 1. The first-order valence-electron chi connectivity index (χ1n) is 8.36. The number of carbonyl (C=O) groups is 3. The Labute approximate surface area is 171 Å². The number of para-hydroxylation sites is 2. The third-order valence-corrected chi connectivity index (χ3v) is 4.85. The normalized spacial score (nSPS) is 12.8. The molecule has 0 saturated heterocycles. The summed E-state index contributed by atoms with van der Waals surface area (Å²) in [5.41, 5.74) is 0.998. The molecule has 0 fully saturated rings. The molecule has 2 aromatic rings. The van der Waals surface area contributed by atoms with Crippen molar-refractivity contribution < 1.29 is 19.1 Å². The van der Waals surface area contributed by atoms with E-state index in [2.05, 4.69) is 5.32 Å². The lowest BCUT2D eigenvalue weighted by Gasteiger charge is -2.30. The highest BCUT2D eigenvalue weighted by Gasteiger charge is 2.28. The van der Waals surface area contributed by atoms with Crippen molar-refractivity contribution in [1.82, 2.24) is 4.90 Å². The summed E-state index contributed by atoms with van der Waals surface area (Å²) in [7, 11) is 1.49. The summed E-state index contributed by atoms with van der Waals surface area (Å²) < 4.78 is 5.36. The van der Waals surface area contributed by atoms with E-state index in [0.29, 0.717) is 27.2 Å². The summed E-state index contributed by atoms with van der Waals surface area (Å²) in [5, 5.41) is 3.34. The summed E-state index contributed by atoms with van der Waals surface area (Å²) in [6, 6.07) is 11.7. The van der Waals surface area contributed by atoms with Crippen LogP contribution < -0.4 is 15.0 Å². The van der Waals surface area contributed by atoms with E-state index >= 15 is 0 Å². The molecule has 3 amide bonds. The molecule has 146 valence electrons. The lowest BCUT2D eigenvalue weighted by molar-refractivity contribution is -0.133. The molecule has 9 heteroatoms. The lowest BCUT2D eigenvalue weighted by atomic mass is 10.2. The van der Waals surface area contributed by atoms with Crippen molar-refractivity contribution in [2.24, 2.45) is 0 Å². The van der Waals surface area contributed by atoms with Crippen LogP contribution in [0.3, 0.4) is 0 Å². The molecule has 0 aromatic heterocycles. The summed E-state index contributed by atoms with van der Waals surface area (Å²) in [6.45, 7) is -0.499. The Balaban J connectivity index is 1.61. The molecule has 0 bridgehead atoms. The first-order chi connectivity index (χ1) is 13.3. The Morgan fingerprint density at radius 2 is 1.93 bits per heavy atom. The molecule has 1 aliphatic heterocycles. The molecular weight excluding hydrogens is 405 g/mol. The summed E-state index contributed by atoms with van der Waals surface area (Å²) in [4.78, 5) is 39.5. The predicted molar refractivity (Wildman–Crippen MR) is 107 cm³/mol. The highest BCUT2D eigenvalue weighted by molar-refractivity contribution is 6.42. The zero-order valence-corrected chi connectivity index (χ0v) is 16.5. The molecule has 0 radical (unpaired) electrons. The van der Waals surface area contributed by atoms with Gasteiger partial charge in [0.15, 0.2) is 6.61 Å². The molecule has 0 spiro atoms. The Kier molecular flexibility index (Phi) is 6.06. The number of hydrogen-bond acceptors (Lipinski definition) is 4. The van der Waals surface area contributed by atoms with Gasteiger partial charge in [0, 0.05) is 12.7 Å². The molecule has 1 N–H and O–H groups in total. The van der Waals surface area contributed by atoms with Crippen molar-refractivity contribution in [3.63, 3.8) is 0 Å². The molecule has 0 atom stereocenters. The minimum absolute atomic E-state index is 0.133. The third-order valence-electron chi connectivity index (χ3n) is 4.11. The first kappa shape index (κ1) is 20.0. The van der Waals surface area contributed by atoms with Gasteiger partial charge in [0.05, 0.1) is 22.3 Å². The van der Waals surface area contributed by atoms with Crippen LogP contribution in [0, 0.1) is 0 Å². The van der Waals surface area contributed by atoms with Crippen molar-refractivity contribution >= 4 is 52.3 Å². The number of amides is 3. The fourth-order valence-corrected chi connectivity index (χ4v) is 2.96. The van der Waals surface area contributed by atoms with Crippen LogP contribution in [0.1, 0.15) is 0 Å². The van der Waals surface area contributed by atoms with Crippen LogP contribution in [-0.2, 0) is 14.4 Å². The third kappa shape index (κ3) is 4.55. The highest BCUT2D eigenvalue weighted by Crippen LogP contribution is 2.31. The van der Waals surface area contributed by atoms with E-state index in [9.17, 15) is 14.4 Å². The van der Waals surface area contributed by atoms with E-state index in [4.69, 9.17) is 27.9 Å². The Hall–Kier alpha value is -2.77. The van der Waals surface area contributed by atoms with Gasteiger partial charge >= 0.3 is 0 Å². The molecule has 1 heterocycles. The summed E-state index contributed by atoms with van der Waals surface area (Å²) >= 11 is 11.8. The lowest BCUT2D eigenvalue weighted by Crippen LogP contribution is -2.46. The number of nitrogens with zero attached hydrogens (tertiary/aromatic N) is 2. The van der Waals surface area contributed by atoms with E-state index < -0.39 is 5.91 Å². The zero-order valence-electron chi connectivity index (χ0n) is 14.9. The number of rotatable bonds is 5. The van der Waals surface area contributed by atoms with Crippen LogP contribution in [-0.4, -0.2) is 49.4 Å². The van der Waals surface area contributed by atoms with Gasteiger partial charge in [0.25, 0.3) is 5.91 Å². The van der Waals surface area contributed by atoms with E-state index in [0.717, 1.165) is 0 Å². The van der Waals surface area contributed by atoms with Crippen molar-refractivity contribution in [3.8, 4) is 5.75 Å². The van der Waals surface area contributed by atoms with Gasteiger partial charge in [-0.2, -0.15) is 0 Å². The molecule has 7 nitrogen and oxygen atoms in total. The number of ether oxygens (including phenoxy) is 1. The summed E-state index contributed by atoms with van der Waals surface area (Å²) in [5.74, 6) is -0.562. The van der Waals surface area contributed by atoms with Crippen LogP contribution in [0.15, 0.2) is 42.5 Å². The van der Waals surface area contributed by atoms with Gasteiger partial charge < -0.3 is 15.0 Å². The van der Waals surface area contributed by atoms with Crippen molar-refractivity contribution in [1.29, 1.82) is 0 Å². The molecule has 1 aliphatic rings. The maximum atomic E-state index is 12.5. The Bertz CT molecular complexity index is 935. The maximum absolute atomic E-state index is 12.5.